The molecule has 0 atom stereocenters. The zero-order chi connectivity index (χ0) is 39.0. The topological polar surface area (TPSA) is 13.1 Å². The standard InChI is InChI=1S/C48H28O/c1-2-11-29(12-3-1)33-27-28-41(47-40-19-8-9-20-42(40)49-48(33)47)46-36-17-6-4-15-34(36)45(35-16-5-7-18-37(35)46)39-26-24-32-22-21-30-13-10-14-31-23-25-38(39)44(32)43(30)31/h1-28H/i4D,5D,6D,7D,15D,16D,17D,18D. The van der Waals surface area contributed by atoms with Crippen LogP contribution in [0.3, 0.4) is 0 Å². The smallest absolute Gasteiger partial charge is 0.143 e. The van der Waals surface area contributed by atoms with E-state index in [9.17, 15) is 5.48 Å². The van der Waals surface area contributed by atoms with E-state index in [0.29, 0.717) is 33.2 Å². The van der Waals surface area contributed by atoms with Gasteiger partial charge in [-0.1, -0.05) is 158 Å². The predicted molar refractivity (Wildman–Crippen MR) is 209 cm³/mol. The van der Waals surface area contributed by atoms with Crippen LogP contribution in [0.25, 0.3) is 109 Å². The van der Waals surface area contributed by atoms with Crippen molar-refractivity contribution in [2.45, 2.75) is 0 Å². The Labute approximate surface area is 293 Å². The van der Waals surface area contributed by atoms with Crippen LogP contribution in [-0.2, 0) is 0 Å². The molecule has 0 amide bonds. The van der Waals surface area contributed by atoms with Gasteiger partial charge in [-0.25, -0.2) is 0 Å². The number of fused-ring (bicyclic) bond motifs is 5. The highest BCUT2D eigenvalue weighted by Crippen LogP contribution is 2.50. The zero-order valence-corrected chi connectivity index (χ0v) is 26.0. The number of hydrogen-bond acceptors (Lipinski definition) is 1. The molecule has 1 nitrogen and oxygen atoms in total. The lowest BCUT2D eigenvalue weighted by Crippen LogP contribution is -1.93. The molecular formula is C48H28O. The number of furan rings is 1. The SMILES string of the molecule is [2H]c1c([2H])c([2H])c2c(-c3ccc(-c4ccccc4)c4oc5ccccc5c34)c3c([2H])c([2H])c([2H])c([2H])c3c(-c3ccc4ccc5cccc6ccc3c4c56)c2c1[2H]. The highest BCUT2D eigenvalue weighted by Gasteiger charge is 2.23. The molecule has 11 aromatic rings. The van der Waals surface area contributed by atoms with Gasteiger partial charge < -0.3 is 4.42 Å². The molecule has 226 valence electrons. The van der Waals surface area contributed by atoms with Crippen molar-refractivity contribution in [3.63, 3.8) is 0 Å². The summed E-state index contributed by atoms with van der Waals surface area (Å²) in [5.74, 6) is 0. The Morgan fingerprint density at radius 3 is 1.63 bits per heavy atom. The lowest BCUT2D eigenvalue weighted by atomic mass is 9.82. The summed E-state index contributed by atoms with van der Waals surface area (Å²) in [5.41, 5.74) is 4.65. The van der Waals surface area contributed by atoms with Crippen molar-refractivity contribution in [3.05, 3.63) is 170 Å². The average Bonchev–Trinajstić information content (AvgIpc) is 3.64. The van der Waals surface area contributed by atoms with Crippen LogP contribution >= 0.6 is 0 Å². The van der Waals surface area contributed by atoms with Crippen LogP contribution in [0.1, 0.15) is 11.0 Å². The summed E-state index contributed by atoms with van der Waals surface area (Å²) in [7, 11) is 0. The molecule has 1 aromatic heterocycles. The largest absolute Gasteiger partial charge is 0.455 e. The fourth-order valence-electron chi connectivity index (χ4n) is 8.00. The van der Waals surface area contributed by atoms with Gasteiger partial charge in [0.2, 0.25) is 0 Å². The van der Waals surface area contributed by atoms with Gasteiger partial charge in [-0.2, -0.15) is 0 Å². The van der Waals surface area contributed by atoms with Gasteiger partial charge >= 0.3 is 0 Å². The zero-order valence-electron chi connectivity index (χ0n) is 34.0. The number of hydrogen-bond donors (Lipinski definition) is 0. The minimum atomic E-state index is -0.440. The average molecular weight is 629 g/mol. The Bertz CT molecular complexity index is 3460. The highest BCUT2D eigenvalue weighted by molar-refractivity contribution is 6.31. The van der Waals surface area contributed by atoms with Gasteiger partial charge in [0.15, 0.2) is 0 Å². The second kappa shape index (κ2) is 10.0. The summed E-state index contributed by atoms with van der Waals surface area (Å²) in [4.78, 5) is 0. The van der Waals surface area contributed by atoms with E-state index in [0.717, 1.165) is 48.8 Å². The van der Waals surface area contributed by atoms with Crippen molar-refractivity contribution < 1.29 is 15.4 Å². The fourth-order valence-corrected chi connectivity index (χ4v) is 8.00. The minimum Gasteiger partial charge on any atom is -0.455 e. The molecule has 0 N–H and O–H groups in total. The Morgan fingerprint density at radius 2 is 0.918 bits per heavy atom. The van der Waals surface area contributed by atoms with Gasteiger partial charge in [0.25, 0.3) is 0 Å². The maximum absolute atomic E-state index is 9.61. The molecule has 0 aliphatic carbocycles. The first kappa shape index (κ1) is 20.0. The molecule has 0 radical (unpaired) electrons. The minimum absolute atomic E-state index is 0.165. The van der Waals surface area contributed by atoms with Crippen LogP contribution in [0.5, 0.6) is 0 Å². The van der Waals surface area contributed by atoms with Gasteiger partial charge in [0, 0.05) is 16.3 Å². The van der Waals surface area contributed by atoms with E-state index in [1.54, 1.807) is 0 Å². The van der Waals surface area contributed by atoms with Crippen LogP contribution in [0, 0.1) is 0 Å². The first-order valence-electron chi connectivity index (χ1n) is 20.3. The van der Waals surface area contributed by atoms with E-state index in [1.807, 2.05) is 97.1 Å². The number of para-hydroxylation sites is 1. The lowest BCUT2D eigenvalue weighted by Gasteiger charge is -2.20. The van der Waals surface area contributed by atoms with E-state index < -0.39 is 24.2 Å². The van der Waals surface area contributed by atoms with Gasteiger partial charge in [0.05, 0.1) is 11.0 Å². The number of rotatable bonds is 3. The Hall–Kier alpha value is -6.44. The second-order valence-electron chi connectivity index (χ2n) is 12.5. The first-order chi connectivity index (χ1) is 27.7. The molecule has 0 aliphatic heterocycles. The molecule has 1 heterocycles. The van der Waals surface area contributed by atoms with Crippen LogP contribution in [-0.4, -0.2) is 0 Å². The van der Waals surface area contributed by atoms with Gasteiger partial charge in [-0.05, 0) is 93.8 Å². The Balaban J connectivity index is 1.42. The van der Waals surface area contributed by atoms with Gasteiger partial charge in [-0.3, -0.25) is 0 Å². The molecule has 0 fully saturated rings. The Morgan fingerprint density at radius 1 is 0.367 bits per heavy atom. The van der Waals surface area contributed by atoms with Crippen LogP contribution in [0.4, 0.5) is 0 Å². The molecule has 11 rings (SSSR count). The van der Waals surface area contributed by atoms with Crippen molar-refractivity contribution in [2.24, 2.45) is 0 Å². The van der Waals surface area contributed by atoms with E-state index in [1.165, 1.54) is 0 Å². The molecule has 0 unspecified atom stereocenters. The lowest BCUT2D eigenvalue weighted by molar-refractivity contribution is 0.670. The Kier molecular flexibility index (Phi) is 4.10. The molecular weight excluding hydrogens is 593 g/mol. The number of benzene rings is 10. The van der Waals surface area contributed by atoms with Crippen molar-refractivity contribution in [2.75, 3.05) is 0 Å². The predicted octanol–water partition coefficient (Wildman–Crippen LogP) is 13.8. The summed E-state index contributed by atoms with van der Waals surface area (Å²) in [6.07, 6.45) is 0. The van der Waals surface area contributed by atoms with Gasteiger partial charge in [0.1, 0.15) is 11.2 Å². The molecule has 0 saturated carbocycles. The van der Waals surface area contributed by atoms with Crippen LogP contribution in [0.2, 0.25) is 0 Å². The second-order valence-corrected chi connectivity index (χ2v) is 12.5. The summed E-state index contributed by atoms with van der Waals surface area (Å²) in [6, 6.07) is 36.5. The molecule has 0 spiro atoms. The van der Waals surface area contributed by atoms with Crippen molar-refractivity contribution in [3.8, 4) is 33.4 Å². The maximum atomic E-state index is 9.61. The van der Waals surface area contributed by atoms with Gasteiger partial charge in [-0.15, -0.1) is 0 Å². The van der Waals surface area contributed by atoms with Crippen LogP contribution < -0.4 is 0 Å². The maximum Gasteiger partial charge on any atom is 0.143 e. The molecule has 0 saturated heterocycles. The van der Waals surface area contributed by atoms with E-state index >= 15 is 0 Å². The first-order valence-corrected chi connectivity index (χ1v) is 16.3. The molecule has 49 heavy (non-hydrogen) atoms. The molecule has 10 aromatic carbocycles. The normalized spacial score (nSPS) is 14.4. The van der Waals surface area contributed by atoms with E-state index in [-0.39, 0.29) is 51.3 Å². The fraction of sp³-hybridized carbons (Fsp3) is 0. The molecule has 0 aliphatic rings. The monoisotopic (exact) mass is 628 g/mol. The van der Waals surface area contributed by atoms with Crippen molar-refractivity contribution in [1.29, 1.82) is 0 Å². The summed E-state index contributed by atoms with van der Waals surface area (Å²) in [5, 5.41) is 8.03. The van der Waals surface area contributed by atoms with E-state index in [4.69, 9.17) is 9.90 Å². The van der Waals surface area contributed by atoms with Crippen LogP contribution in [0.15, 0.2) is 174 Å². The van der Waals surface area contributed by atoms with Crippen molar-refractivity contribution >= 4 is 75.8 Å². The van der Waals surface area contributed by atoms with Crippen molar-refractivity contribution in [1.82, 2.24) is 0 Å². The van der Waals surface area contributed by atoms with E-state index in [2.05, 4.69) is 24.3 Å². The third kappa shape index (κ3) is 3.70. The third-order valence-electron chi connectivity index (χ3n) is 10.1. The molecule has 1 heteroatoms. The summed E-state index contributed by atoms with van der Waals surface area (Å²) in [6.45, 7) is 0. The quantitative estimate of drug-likeness (QED) is 0.140. The summed E-state index contributed by atoms with van der Waals surface area (Å²) >= 11 is 0. The summed E-state index contributed by atoms with van der Waals surface area (Å²) < 4.78 is 81.0. The molecule has 0 bridgehead atoms. The third-order valence-corrected chi connectivity index (χ3v) is 10.1. The highest BCUT2D eigenvalue weighted by atomic mass is 16.3.